The summed E-state index contributed by atoms with van der Waals surface area (Å²) in [5.41, 5.74) is 13.8. The topological polar surface area (TPSA) is 150 Å². The summed E-state index contributed by atoms with van der Waals surface area (Å²) in [6.07, 6.45) is 23.3. The van der Waals surface area contributed by atoms with E-state index in [2.05, 4.69) is 132 Å². The molecule has 0 radical (unpaired) electrons. The van der Waals surface area contributed by atoms with Crippen LogP contribution in [0.25, 0.3) is 22.3 Å². The lowest BCUT2D eigenvalue weighted by atomic mass is 9.79. The Morgan fingerprint density at radius 1 is 0.769 bits per heavy atom. The van der Waals surface area contributed by atoms with Gasteiger partial charge in [0.15, 0.2) is 0 Å². The number of phenols is 1. The zero-order valence-corrected chi connectivity index (χ0v) is 61.2. The fraction of sp³-hybridized carbons (Fsp3) is 0.633. The lowest BCUT2D eigenvalue weighted by Gasteiger charge is -2.33. The van der Waals surface area contributed by atoms with Crippen LogP contribution in [0.4, 0.5) is 0 Å². The highest BCUT2D eigenvalue weighted by molar-refractivity contribution is 5.94. The number of aromatic nitrogens is 1. The molecular formula is C79H131N5O7. The van der Waals surface area contributed by atoms with Gasteiger partial charge in [0.1, 0.15) is 24.1 Å². The van der Waals surface area contributed by atoms with Gasteiger partial charge in [-0.05, 0) is 164 Å². The van der Waals surface area contributed by atoms with Crippen LogP contribution in [0, 0.1) is 36.5 Å². The molecule has 7 rings (SSSR count). The largest absolute Gasteiger partial charge is 0.508 e. The van der Waals surface area contributed by atoms with E-state index in [4.69, 9.17) is 14.5 Å². The molecule has 2 aliphatic heterocycles. The predicted molar refractivity (Wildman–Crippen MR) is 387 cm³/mol. The first kappa shape index (κ1) is 85.3. The molecule has 12 heteroatoms. The Morgan fingerprint density at radius 3 is 1.80 bits per heavy atom. The van der Waals surface area contributed by atoms with Gasteiger partial charge in [0, 0.05) is 64.6 Å². The van der Waals surface area contributed by atoms with Crippen molar-refractivity contribution >= 4 is 35.7 Å². The molecule has 3 aliphatic rings. The molecule has 0 bridgehead atoms. The van der Waals surface area contributed by atoms with Gasteiger partial charge in [0.05, 0.1) is 11.8 Å². The van der Waals surface area contributed by atoms with E-state index in [0.717, 1.165) is 110 Å². The first-order valence-electron chi connectivity index (χ1n) is 35.4. The van der Waals surface area contributed by atoms with Crippen molar-refractivity contribution in [1.29, 1.82) is 0 Å². The van der Waals surface area contributed by atoms with Gasteiger partial charge in [-0.2, -0.15) is 0 Å². The van der Waals surface area contributed by atoms with Crippen molar-refractivity contribution < 1.29 is 33.8 Å². The number of benzene rings is 3. The number of ether oxygens (including phenoxy) is 2. The number of hydrazine groups is 1. The molecule has 12 nitrogen and oxygen atoms in total. The number of amides is 3. The molecule has 1 aromatic heterocycles. The molecule has 5 atom stereocenters. The average Bonchev–Trinajstić information content (AvgIpc) is 1.00. The molecule has 1 saturated carbocycles. The highest BCUT2D eigenvalue weighted by Gasteiger charge is 2.33. The summed E-state index contributed by atoms with van der Waals surface area (Å²) in [6, 6.07) is 24.5. The van der Waals surface area contributed by atoms with Crippen molar-refractivity contribution in [3.8, 4) is 16.9 Å². The molecular weight excluding hydrogens is 1130 g/mol. The molecule has 3 heterocycles. The number of phenolic OH excluding ortho intramolecular Hbond substituents is 1. The van der Waals surface area contributed by atoms with E-state index in [9.17, 15) is 24.3 Å². The number of nitrogens with one attached hydrogen (secondary N) is 2. The van der Waals surface area contributed by atoms with E-state index in [1.54, 1.807) is 31.3 Å². The fourth-order valence-corrected chi connectivity index (χ4v) is 10.3. The SMILES string of the molecule is C1CCOC1.CC.CCC.CCCC.CCCC(C)CC.CCCc1cnc(C(C)OC)c(/C(=C(\CC(C)C)c2cc(-c3cc(O)cc(CC(NC(=O)C(C(C)C)N(C)C=O)C(=O)N4CCCCN4)c3)ccc2C)C(C)CC)c1.O=CC1CCC1.c1ccccc1. The molecule has 2 saturated heterocycles. The number of carbonyl (C=O) groups excluding carboxylic acids is 4. The number of rotatable bonds is 24. The summed E-state index contributed by atoms with van der Waals surface area (Å²) < 4.78 is 10.8. The first-order chi connectivity index (χ1) is 43.7. The van der Waals surface area contributed by atoms with E-state index in [1.807, 2.05) is 76.4 Å². The summed E-state index contributed by atoms with van der Waals surface area (Å²) in [7, 11) is 3.31. The van der Waals surface area contributed by atoms with Crippen LogP contribution in [0.3, 0.4) is 0 Å². The minimum absolute atomic E-state index is 0.0687. The lowest BCUT2D eigenvalue weighted by Crippen LogP contribution is -2.58. The van der Waals surface area contributed by atoms with Crippen LogP contribution in [0.2, 0.25) is 0 Å². The zero-order chi connectivity index (χ0) is 68.7. The van der Waals surface area contributed by atoms with Crippen molar-refractivity contribution in [2.45, 2.75) is 258 Å². The number of pyridine rings is 1. The zero-order valence-electron chi connectivity index (χ0n) is 61.2. The maximum Gasteiger partial charge on any atom is 0.259 e. The summed E-state index contributed by atoms with van der Waals surface area (Å²) in [5, 5.41) is 15.8. The van der Waals surface area contributed by atoms with Crippen LogP contribution in [-0.2, 0) is 41.5 Å². The number of aldehydes is 1. The number of hydrogen-bond donors (Lipinski definition) is 3. The third-order valence-corrected chi connectivity index (χ3v) is 16.2. The number of aryl methyl sites for hydroxylation is 2. The van der Waals surface area contributed by atoms with Gasteiger partial charge >= 0.3 is 0 Å². The molecule has 1 aliphatic carbocycles. The highest BCUT2D eigenvalue weighted by atomic mass is 16.5. The monoisotopic (exact) mass is 1260 g/mol. The van der Waals surface area contributed by atoms with Gasteiger partial charge in [0.2, 0.25) is 12.3 Å². The smallest absolute Gasteiger partial charge is 0.259 e. The number of unbranched alkanes of at least 4 members (excludes halogenated alkanes) is 1. The number of hydrogen-bond acceptors (Lipinski definition) is 9. The van der Waals surface area contributed by atoms with E-state index in [-0.39, 0.29) is 36.0 Å². The Morgan fingerprint density at radius 2 is 1.38 bits per heavy atom. The van der Waals surface area contributed by atoms with Gasteiger partial charge in [-0.1, -0.05) is 217 Å². The molecule has 3 N–H and O–H groups in total. The van der Waals surface area contributed by atoms with Gasteiger partial charge in [0.25, 0.3) is 5.91 Å². The number of aromatic hydroxyl groups is 1. The van der Waals surface area contributed by atoms with E-state index in [1.165, 1.54) is 79.4 Å². The minimum Gasteiger partial charge on any atom is -0.508 e. The van der Waals surface area contributed by atoms with Crippen LogP contribution >= 0.6 is 0 Å². The van der Waals surface area contributed by atoms with Gasteiger partial charge in [-0.15, -0.1) is 0 Å². The second kappa shape index (κ2) is 51.8. The normalized spacial score (nSPS) is 15.1. The average molecular weight is 1260 g/mol. The molecule has 0 spiro atoms. The van der Waals surface area contributed by atoms with E-state index < -0.39 is 18.0 Å². The maximum absolute atomic E-state index is 14.0. The Balaban J connectivity index is 0.00000197. The van der Waals surface area contributed by atoms with E-state index in [0.29, 0.717) is 36.9 Å². The molecule has 91 heavy (non-hydrogen) atoms. The van der Waals surface area contributed by atoms with Crippen molar-refractivity contribution in [1.82, 2.24) is 25.6 Å². The summed E-state index contributed by atoms with van der Waals surface area (Å²) in [4.78, 5) is 55.7. The lowest BCUT2D eigenvalue weighted by molar-refractivity contribution is -0.142. The highest BCUT2D eigenvalue weighted by Crippen LogP contribution is 2.42. The molecule has 514 valence electrons. The van der Waals surface area contributed by atoms with Crippen molar-refractivity contribution in [2.75, 3.05) is 40.5 Å². The number of allylic oxidation sites excluding steroid dienone is 2. The Hall–Kier alpha value is -5.69. The summed E-state index contributed by atoms with van der Waals surface area (Å²) in [6.45, 7) is 41.8. The molecule has 5 unspecified atom stereocenters. The van der Waals surface area contributed by atoms with Crippen molar-refractivity contribution in [2.24, 2.45) is 29.6 Å². The minimum atomic E-state index is -0.929. The Labute approximate surface area is 556 Å². The number of carbonyl (C=O) groups is 4. The molecule has 3 amide bonds. The van der Waals surface area contributed by atoms with Crippen LogP contribution in [0.5, 0.6) is 5.75 Å². The maximum atomic E-state index is 14.0. The summed E-state index contributed by atoms with van der Waals surface area (Å²) in [5.74, 6) is 1.24. The van der Waals surface area contributed by atoms with Gasteiger partial charge in [-0.25, -0.2) is 5.43 Å². The van der Waals surface area contributed by atoms with Crippen LogP contribution in [-0.4, -0.2) is 97.1 Å². The standard InChI is InChI=1S/C48H69N5O5.C7H16.C6H6.C5H8O.C4H8O.C4H10.C3H8.C2H6/c1-12-16-35-24-42(45(49-28-35)34(9)58-11)44(32(7)13-2)41(21-30(3)4)40-27-37(18-17-33(40)8)38-22-36(23-39(55)26-38)25-43(48(57)53-20-15-14-19-50-53)51-47(56)46(31(5)6)52(10)29-54;1-4-6-7(3)5-2;1-2-4-6-5-3-1;6-4-5-2-1-3-5;1-2-4-5-3-1;1-3-4-2;1-3-2;1-2/h17-18,22-24,26-32,34,43,46,50,55H,12-16,19-21,25H2,1-11H3,(H,51,56);7H,4-6H2,1-3H3;1-6H;4-5H,1-3H2;1-4H2;3-4H2,1-2H3;3H2,1-2H3;1-2H3/b44-41+;;;;;;;. The third-order valence-electron chi connectivity index (χ3n) is 16.2. The predicted octanol–water partition coefficient (Wildman–Crippen LogP) is 19.2. The quantitative estimate of drug-likeness (QED) is 0.0583. The van der Waals surface area contributed by atoms with Crippen molar-refractivity contribution in [3.05, 3.63) is 119 Å². The second-order valence-corrected chi connectivity index (χ2v) is 25.3. The van der Waals surface area contributed by atoms with Crippen LogP contribution in [0.1, 0.15) is 260 Å². The Bertz CT molecular complexity index is 2520. The molecule has 3 fully saturated rings. The number of nitrogens with zero attached hydrogens (tertiary/aromatic N) is 3. The second-order valence-electron chi connectivity index (χ2n) is 25.3. The van der Waals surface area contributed by atoms with Gasteiger partial charge in [-0.3, -0.25) is 24.4 Å². The van der Waals surface area contributed by atoms with Gasteiger partial charge < -0.3 is 29.6 Å². The third kappa shape index (κ3) is 33.6. The first-order valence-corrected chi connectivity index (χ1v) is 35.4. The van der Waals surface area contributed by atoms with E-state index >= 15 is 0 Å². The molecule has 3 aromatic carbocycles. The van der Waals surface area contributed by atoms with Crippen LogP contribution < -0.4 is 10.7 Å². The fourth-order valence-electron chi connectivity index (χ4n) is 10.3. The number of methoxy groups -OCH3 is 1. The number of likely N-dealkylation sites (N-methyl/N-ethyl adjacent to an activating group) is 1. The summed E-state index contributed by atoms with van der Waals surface area (Å²) >= 11 is 0. The Kier molecular flexibility index (Phi) is 48.5. The van der Waals surface area contributed by atoms with Crippen LogP contribution in [0.15, 0.2) is 85.1 Å². The molecule has 4 aromatic rings. The van der Waals surface area contributed by atoms with Crippen molar-refractivity contribution in [3.63, 3.8) is 0 Å².